The second-order valence-electron chi connectivity index (χ2n) is 6.78. The monoisotopic (exact) mass is 422 g/mol. The number of benzene rings is 2. The smallest absolute Gasteiger partial charge is 0.253 e. The van der Waals surface area contributed by atoms with Crippen molar-refractivity contribution in [3.05, 3.63) is 63.6 Å². The predicted octanol–water partition coefficient (Wildman–Crippen LogP) is 4.25. The van der Waals surface area contributed by atoms with Crippen molar-refractivity contribution in [1.82, 2.24) is 10.6 Å². The molecule has 7 heteroatoms. The van der Waals surface area contributed by atoms with Gasteiger partial charge in [0.15, 0.2) is 0 Å². The second kappa shape index (κ2) is 10.3. The highest BCUT2D eigenvalue weighted by atomic mass is 35.5. The summed E-state index contributed by atoms with van der Waals surface area (Å²) in [5.74, 6) is -0.0548. The average molecular weight is 423 g/mol. The number of hydrogen-bond acceptors (Lipinski definition) is 3. The van der Waals surface area contributed by atoms with Crippen molar-refractivity contribution < 1.29 is 14.3 Å². The highest BCUT2D eigenvalue weighted by Crippen LogP contribution is 2.21. The molecule has 0 bridgehead atoms. The topological polar surface area (TPSA) is 67.4 Å². The minimum atomic E-state index is -0.696. The van der Waals surface area contributed by atoms with Crippen molar-refractivity contribution in [3.63, 3.8) is 0 Å². The first-order valence-corrected chi connectivity index (χ1v) is 9.76. The van der Waals surface area contributed by atoms with Crippen LogP contribution in [0.4, 0.5) is 0 Å². The molecule has 0 aliphatic heterocycles. The number of nitrogens with one attached hydrogen (secondary N) is 2. The van der Waals surface area contributed by atoms with Crippen LogP contribution in [0.5, 0.6) is 5.75 Å². The van der Waals surface area contributed by atoms with Crippen molar-refractivity contribution in [1.29, 1.82) is 0 Å². The van der Waals surface area contributed by atoms with Crippen LogP contribution in [0.15, 0.2) is 42.5 Å². The lowest BCUT2D eigenvalue weighted by Crippen LogP contribution is -2.50. The van der Waals surface area contributed by atoms with Gasteiger partial charge in [0.2, 0.25) is 5.91 Å². The summed E-state index contributed by atoms with van der Waals surface area (Å²) in [5.41, 5.74) is 1.37. The number of ether oxygens (including phenoxy) is 1. The fourth-order valence-corrected chi connectivity index (χ4v) is 3.08. The maximum atomic E-state index is 12.5. The summed E-state index contributed by atoms with van der Waals surface area (Å²) in [4.78, 5) is 25.0. The van der Waals surface area contributed by atoms with Crippen LogP contribution in [0, 0.1) is 12.8 Å². The van der Waals surface area contributed by atoms with Gasteiger partial charge in [0.1, 0.15) is 18.4 Å². The second-order valence-corrected chi connectivity index (χ2v) is 7.62. The minimum Gasteiger partial charge on any atom is -0.492 e. The van der Waals surface area contributed by atoms with Crippen LogP contribution < -0.4 is 15.4 Å². The van der Waals surface area contributed by atoms with Gasteiger partial charge in [0.25, 0.3) is 5.91 Å². The number of halogens is 2. The average Bonchev–Trinajstić information content (AvgIpc) is 2.62. The van der Waals surface area contributed by atoms with Crippen LogP contribution in [0.25, 0.3) is 0 Å². The van der Waals surface area contributed by atoms with E-state index in [1.807, 2.05) is 45.0 Å². The Kier molecular flexibility index (Phi) is 8.15. The van der Waals surface area contributed by atoms with Crippen LogP contribution in [-0.2, 0) is 4.79 Å². The summed E-state index contributed by atoms with van der Waals surface area (Å²) in [6.45, 7) is 6.36. The predicted molar refractivity (Wildman–Crippen MR) is 112 cm³/mol. The number of hydrogen-bond donors (Lipinski definition) is 2. The molecule has 5 nitrogen and oxygen atoms in total. The maximum Gasteiger partial charge on any atom is 0.253 e. The van der Waals surface area contributed by atoms with E-state index in [2.05, 4.69) is 10.6 Å². The lowest BCUT2D eigenvalue weighted by molar-refractivity contribution is -0.124. The van der Waals surface area contributed by atoms with Gasteiger partial charge in [0, 0.05) is 5.02 Å². The molecular weight excluding hydrogens is 399 g/mol. The standard InChI is InChI=1S/C21H24Cl2N2O3/c1-13(2)19(25-20(26)17-8-7-15(22)12-18(17)23)21(27)24-9-10-28-16-6-4-5-14(3)11-16/h4-8,11-13,19H,9-10H2,1-3H3,(H,24,27)(H,25,26)/t19-/m1/s1. The van der Waals surface area contributed by atoms with Crippen LogP contribution >= 0.6 is 23.2 Å². The van der Waals surface area contributed by atoms with E-state index in [0.29, 0.717) is 18.2 Å². The van der Waals surface area contributed by atoms with Crippen molar-refractivity contribution in [2.75, 3.05) is 13.2 Å². The van der Waals surface area contributed by atoms with E-state index in [1.54, 1.807) is 6.07 Å². The third-order valence-electron chi connectivity index (χ3n) is 4.07. The fraction of sp³-hybridized carbons (Fsp3) is 0.333. The summed E-state index contributed by atoms with van der Waals surface area (Å²) in [6.07, 6.45) is 0. The Morgan fingerprint density at radius 2 is 1.86 bits per heavy atom. The summed E-state index contributed by atoms with van der Waals surface area (Å²) in [6, 6.07) is 11.6. The normalized spacial score (nSPS) is 11.8. The molecule has 2 amide bonds. The molecule has 0 aromatic heterocycles. The van der Waals surface area contributed by atoms with Crippen molar-refractivity contribution >= 4 is 35.0 Å². The number of aryl methyl sites for hydroxylation is 1. The zero-order valence-corrected chi connectivity index (χ0v) is 17.6. The van der Waals surface area contributed by atoms with E-state index in [-0.39, 0.29) is 22.4 Å². The molecular formula is C21H24Cl2N2O3. The van der Waals surface area contributed by atoms with E-state index in [9.17, 15) is 9.59 Å². The Labute approximate surface area is 175 Å². The highest BCUT2D eigenvalue weighted by molar-refractivity contribution is 6.36. The molecule has 28 heavy (non-hydrogen) atoms. The van der Waals surface area contributed by atoms with Crippen LogP contribution in [-0.4, -0.2) is 31.0 Å². The Morgan fingerprint density at radius 3 is 2.50 bits per heavy atom. The first kappa shape index (κ1) is 22.1. The van der Waals surface area contributed by atoms with Crippen LogP contribution in [0.1, 0.15) is 29.8 Å². The quantitative estimate of drug-likeness (QED) is 0.624. The van der Waals surface area contributed by atoms with E-state index in [4.69, 9.17) is 27.9 Å². The van der Waals surface area contributed by atoms with Gasteiger partial charge < -0.3 is 15.4 Å². The maximum absolute atomic E-state index is 12.5. The molecule has 0 spiro atoms. The summed E-state index contributed by atoms with van der Waals surface area (Å²) in [7, 11) is 0. The molecule has 0 saturated heterocycles. The van der Waals surface area contributed by atoms with Crippen molar-refractivity contribution in [3.8, 4) is 5.75 Å². The molecule has 0 radical (unpaired) electrons. The number of carbonyl (C=O) groups excluding carboxylic acids is 2. The van der Waals surface area contributed by atoms with Crippen LogP contribution in [0.2, 0.25) is 10.0 Å². The largest absolute Gasteiger partial charge is 0.492 e. The van der Waals surface area contributed by atoms with Gasteiger partial charge in [-0.15, -0.1) is 0 Å². The molecule has 0 aliphatic rings. The Morgan fingerprint density at radius 1 is 1.11 bits per heavy atom. The molecule has 0 fully saturated rings. The molecule has 2 N–H and O–H groups in total. The zero-order chi connectivity index (χ0) is 20.7. The van der Waals surface area contributed by atoms with Crippen molar-refractivity contribution in [2.45, 2.75) is 26.8 Å². The summed E-state index contributed by atoms with van der Waals surface area (Å²) >= 11 is 11.9. The third-order valence-corrected chi connectivity index (χ3v) is 4.62. The Hall–Kier alpha value is -2.24. The molecule has 0 unspecified atom stereocenters. The first-order chi connectivity index (χ1) is 13.3. The Bertz CT molecular complexity index is 840. The minimum absolute atomic E-state index is 0.104. The third kappa shape index (κ3) is 6.43. The molecule has 2 rings (SSSR count). The molecule has 0 saturated carbocycles. The lowest BCUT2D eigenvalue weighted by atomic mass is 10.0. The van der Waals surface area contributed by atoms with E-state index in [0.717, 1.165) is 11.3 Å². The molecule has 0 heterocycles. The fourth-order valence-electron chi connectivity index (χ4n) is 2.59. The van der Waals surface area contributed by atoms with Gasteiger partial charge in [-0.25, -0.2) is 0 Å². The number of amides is 2. The van der Waals surface area contributed by atoms with E-state index in [1.165, 1.54) is 12.1 Å². The summed E-state index contributed by atoms with van der Waals surface area (Å²) < 4.78 is 5.62. The van der Waals surface area contributed by atoms with Gasteiger partial charge in [-0.2, -0.15) is 0 Å². The van der Waals surface area contributed by atoms with Gasteiger partial charge in [-0.05, 0) is 48.7 Å². The lowest BCUT2D eigenvalue weighted by Gasteiger charge is -2.22. The molecule has 1 atom stereocenters. The first-order valence-electron chi connectivity index (χ1n) is 9.01. The summed E-state index contributed by atoms with van der Waals surface area (Å²) in [5, 5.41) is 6.21. The SMILES string of the molecule is Cc1cccc(OCCNC(=O)[C@H](NC(=O)c2ccc(Cl)cc2Cl)C(C)C)c1. The molecule has 2 aromatic rings. The van der Waals surface area contributed by atoms with Crippen molar-refractivity contribution in [2.24, 2.45) is 5.92 Å². The van der Waals surface area contributed by atoms with Gasteiger partial charge in [0.05, 0.1) is 17.1 Å². The number of rotatable bonds is 8. The molecule has 2 aromatic carbocycles. The Balaban J connectivity index is 1.89. The number of carbonyl (C=O) groups is 2. The van der Waals surface area contributed by atoms with Gasteiger partial charge in [-0.1, -0.05) is 49.2 Å². The van der Waals surface area contributed by atoms with Gasteiger partial charge in [-0.3, -0.25) is 9.59 Å². The molecule has 150 valence electrons. The van der Waals surface area contributed by atoms with Gasteiger partial charge >= 0.3 is 0 Å². The molecule has 0 aliphatic carbocycles. The van der Waals surface area contributed by atoms with E-state index >= 15 is 0 Å². The zero-order valence-electron chi connectivity index (χ0n) is 16.1. The van der Waals surface area contributed by atoms with E-state index < -0.39 is 11.9 Å². The van der Waals surface area contributed by atoms with Crippen LogP contribution in [0.3, 0.4) is 0 Å². The highest BCUT2D eigenvalue weighted by Gasteiger charge is 2.25.